The Morgan fingerprint density at radius 1 is 1.29 bits per heavy atom. The molecule has 0 aliphatic carbocycles. The lowest BCUT2D eigenvalue weighted by Gasteiger charge is -2.13. The van der Waals surface area contributed by atoms with Crippen molar-refractivity contribution in [3.8, 4) is 5.75 Å². The fraction of sp³-hybridized carbons (Fsp3) is 0.214. The van der Waals surface area contributed by atoms with E-state index in [4.69, 9.17) is 10.5 Å². The summed E-state index contributed by atoms with van der Waals surface area (Å²) in [6, 6.07) is 9.10. The van der Waals surface area contributed by atoms with E-state index in [2.05, 4.69) is 15.3 Å². The number of hydrogen-bond donors (Lipinski definition) is 3. The molecule has 1 heterocycles. The number of nitrogens with two attached hydrogens (primary N) is 1. The number of nitrogen functional groups attached to an aromatic ring is 1. The second-order valence-electron chi connectivity index (χ2n) is 4.28. The number of carbonyl (C=O) groups excluding carboxylic acids is 1. The molecule has 21 heavy (non-hydrogen) atoms. The average molecular weight is 288 g/mol. The number of rotatable bonds is 6. The molecule has 4 N–H and O–H groups in total. The molecule has 0 saturated heterocycles. The van der Waals surface area contributed by atoms with Crippen molar-refractivity contribution >= 4 is 11.7 Å². The van der Waals surface area contributed by atoms with Gasteiger partial charge in [0.25, 0.3) is 5.91 Å². The molecule has 1 amide bonds. The van der Waals surface area contributed by atoms with Crippen LogP contribution in [0.5, 0.6) is 5.75 Å². The summed E-state index contributed by atoms with van der Waals surface area (Å²) in [5.41, 5.74) is 5.58. The highest BCUT2D eigenvalue weighted by Crippen LogP contribution is 2.08. The fourth-order valence-corrected chi connectivity index (χ4v) is 1.59. The van der Waals surface area contributed by atoms with Gasteiger partial charge < -0.3 is 20.9 Å². The molecule has 0 aliphatic heterocycles. The Morgan fingerprint density at radius 3 is 2.71 bits per heavy atom. The molecule has 0 unspecified atom stereocenters. The molecular formula is C14H16N4O3. The van der Waals surface area contributed by atoms with Gasteiger partial charge in [0.15, 0.2) is 11.5 Å². The Bertz CT molecular complexity index is 592. The van der Waals surface area contributed by atoms with Crippen molar-refractivity contribution in [3.63, 3.8) is 0 Å². The summed E-state index contributed by atoms with van der Waals surface area (Å²) in [5.74, 6) is 0.213. The van der Waals surface area contributed by atoms with Crippen LogP contribution in [0.3, 0.4) is 0 Å². The number of hydrogen-bond acceptors (Lipinski definition) is 6. The van der Waals surface area contributed by atoms with E-state index in [0.29, 0.717) is 5.75 Å². The van der Waals surface area contributed by atoms with Gasteiger partial charge in [0, 0.05) is 18.9 Å². The van der Waals surface area contributed by atoms with Gasteiger partial charge in [-0.2, -0.15) is 0 Å². The van der Waals surface area contributed by atoms with E-state index in [1.54, 1.807) is 12.1 Å². The summed E-state index contributed by atoms with van der Waals surface area (Å²) in [7, 11) is 0. The molecule has 0 saturated carbocycles. The molecule has 0 spiro atoms. The van der Waals surface area contributed by atoms with Crippen LogP contribution in [0.4, 0.5) is 5.82 Å². The van der Waals surface area contributed by atoms with Crippen LogP contribution >= 0.6 is 0 Å². The first-order valence-electron chi connectivity index (χ1n) is 6.37. The van der Waals surface area contributed by atoms with E-state index in [1.807, 2.05) is 18.2 Å². The van der Waals surface area contributed by atoms with Crippen LogP contribution in [0.15, 0.2) is 42.7 Å². The van der Waals surface area contributed by atoms with Gasteiger partial charge in [0.2, 0.25) is 0 Å². The predicted molar refractivity (Wildman–Crippen MR) is 76.7 cm³/mol. The van der Waals surface area contributed by atoms with Crippen molar-refractivity contribution in [1.29, 1.82) is 0 Å². The van der Waals surface area contributed by atoms with Gasteiger partial charge in [-0.15, -0.1) is 0 Å². The molecule has 1 aromatic heterocycles. The Kier molecular flexibility index (Phi) is 5.05. The van der Waals surface area contributed by atoms with Crippen molar-refractivity contribution in [3.05, 3.63) is 48.4 Å². The maximum atomic E-state index is 11.8. The van der Waals surface area contributed by atoms with Crippen LogP contribution in [-0.2, 0) is 0 Å². The molecule has 0 fully saturated rings. The van der Waals surface area contributed by atoms with Gasteiger partial charge in [0.1, 0.15) is 18.5 Å². The lowest BCUT2D eigenvalue weighted by Crippen LogP contribution is -2.36. The zero-order valence-corrected chi connectivity index (χ0v) is 11.3. The van der Waals surface area contributed by atoms with Crippen molar-refractivity contribution in [2.24, 2.45) is 0 Å². The number of nitrogens with zero attached hydrogens (tertiary/aromatic N) is 2. The van der Waals surface area contributed by atoms with E-state index in [-0.39, 0.29) is 24.7 Å². The summed E-state index contributed by atoms with van der Waals surface area (Å²) >= 11 is 0. The summed E-state index contributed by atoms with van der Waals surface area (Å²) in [5, 5.41) is 12.3. The zero-order chi connectivity index (χ0) is 15.1. The van der Waals surface area contributed by atoms with E-state index < -0.39 is 12.0 Å². The first-order valence-corrected chi connectivity index (χ1v) is 6.37. The fourth-order valence-electron chi connectivity index (χ4n) is 1.59. The van der Waals surface area contributed by atoms with Crippen LogP contribution in [0.25, 0.3) is 0 Å². The minimum Gasteiger partial charge on any atom is -0.491 e. The van der Waals surface area contributed by atoms with E-state index >= 15 is 0 Å². The topological polar surface area (TPSA) is 110 Å². The maximum absolute atomic E-state index is 11.8. The summed E-state index contributed by atoms with van der Waals surface area (Å²) in [6.07, 6.45) is 1.93. The molecule has 0 bridgehead atoms. The molecule has 0 aliphatic rings. The summed E-state index contributed by atoms with van der Waals surface area (Å²) in [4.78, 5) is 19.4. The Morgan fingerprint density at radius 2 is 2.00 bits per heavy atom. The van der Waals surface area contributed by atoms with Crippen molar-refractivity contribution < 1.29 is 14.6 Å². The molecule has 7 heteroatoms. The third kappa shape index (κ3) is 4.43. The van der Waals surface area contributed by atoms with Gasteiger partial charge in [-0.05, 0) is 12.1 Å². The van der Waals surface area contributed by atoms with Gasteiger partial charge >= 0.3 is 0 Å². The molecule has 0 radical (unpaired) electrons. The van der Waals surface area contributed by atoms with Crippen molar-refractivity contribution in [2.45, 2.75) is 6.10 Å². The van der Waals surface area contributed by atoms with Gasteiger partial charge in [-0.1, -0.05) is 18.2 Å². The minimum absolute atomic E-state index is 0.0294. The Balaban J connectivity index is 1.77. The smallest absolute Gasteiger partial charge is 0.273 e. The zero-order valence-electron chi connectivity index (χ0n) is 11.3. The quantitative estimate of drug-likeness (QED) is 0.701. The number of benzene rings is 1. The number of aliphatic hydroxyl groups excluding tert-OH is 1. The van der Waals surface area contributed by atoms with E-state index in [1.165, 1.54) is 12.4 Å². The second kappa shape index (κ2) is 7.20. The average Bonchev–Trinajstić information content (AvgIpc) is 2.52. The lowest BCUT2D eigenvalue weighted by atomic mass is 10.3. The largest absolute Gasteiger partial charge is 0.491 e. The Hall–Kier alpha value is -2.67. The maximum Gasteiger partial charge on any atom is 0.273 e. The molecule has 110 valence electrons. The second-order valence-corrected chi connectivity index (χ2v) is 4.28. The highest BCUT2D eigenvalue weighted by Gasteiger charge is 2.13. The van der Waals surface area contributed by atoms with E-state index in [0.717, 1.165) is 0 Å². The van der Waals surface area contributed by atoms with Crippen LogP contribution < -0.4 is 15.8 Å². The molecule has 1 aromatic carbocycles. The number of aliphatic hydroxyl groups is 1. The molecule has 1 atom stereocenters. The SMILES string of the molecule is Nc1nccnc1C(=O)NC[C@H](O)COc1ccccc1. The number of amides is 1. The molecule has 2 aromatic rings. The van der Waals surface area contributed by atoms with Crippen LogP contribution in [0, 0.1) is 0 Å². The third-order valence-electron chi connectivity index (χ3n) is 2.63. The lowest BCUT2D eigenvalue weighted by molar-refractivity contribution is 0.0840. The summed E-state index contributed by atoms with van der Waals surface area (Å²) < 4.78 is 5.38. The van der Waals surface area contributed by atoms with Crippen molar-refractivity contribution in [1.82, 2.24) is 15.3 Å². The highest BCUT2D eigenvalue weighted by molar-refractivity contribution is 5.96. The van der Waals surface area contributed by atoms with Crippen LogP contribution in [0.2, 0.25) is 0 Å². The minimum atomic E-state index is -0.841. The number of carbonyl (C=O) groups is 1. The molecular weight excluding hydrogens is 272 g/mol. The van der Waals surface area contributed by atoms with Gasteiger partial charge in [-0.3, -0.25) is 4.79 Å². The monoisotopic (exact) mass is 288 g/mol. The number of para-hydroxylation sites is 1. The molecule has 2 rings (SSSR count). The van der Waals surface area contributed by atoms with E-state index in [9.17, 15) is 9.90 Å². The highest BCUT2D eigenvalue weighted by atomic mass is 16.5. The number of ether oxygens (including phenoxy) is 1. The Labute approximate surface area is 121 Å². The van der Waals surface area contributed by atoms with Crippen LogP contribution in [0.1, 0.15) is 10.5 Å². The first kappa shape index (κ1) is 14.7. The standard InChI is InChI=1S/C14H16N4O3/c15-13-12(16-6-7-17-13)14(20)18-8-10(19)9-21-11-4-2-1-3-5-11/h1-7,10,19H,8-9H2,(H2,15,17)(H,18,20)/t10-/m0/s1. The van der Waals surface area contributed by atoms with Gasteiger partial charge in [-0.25, -0.2) is 9.97 Å². The number of anilines is 1. The third-order valence-corrected chi connectivity index (χ3v) is 2.63. The normalized spacial score (nSPS) is 11.7. The predicted octanol–water partition coefficient (Wildman–Crippen LogP) is 0.228. The number of aromatic nitrogens is 2. The van der Waals surface area contributed by atoms with Gasteiger partial charge in [0.05, 0.1) is 0 Å². The first-order chi connectivity index (χ1) is 10.2. The van der Waals surface area contributed by atoms with Crippen LogP contribution in [-0.4, -0.2) is 40.2 Å². The molecule has 7 nitrogen and oxygen atoms in total. The number of nitrogens with one attached hydrogen (secondary N) is 1. The van der Waals surface area contributed by atoms with Crippen molar-refractivity contribution in [2.75, 3.05) is 18.9 Å². The summed E-state index contributed by atoms with van der Waals surface area (Å²) in [6.45, 7) is 0.0991.